The fraction of sp³-hybridized carbons (Fsp3) is 0.217. The smallest absolute Gasteiger partial charge is 0.265 e. The summed E-state index contributed by atoms with van der Waals surface area (Å²) < 4.78 is 0. The molecular weight excluding hydrogens is 382 g/mol. The van der Waals surface area contributed by atoms with E-state index in [9.17, 15) is 9.59 Å². The molecule has 1 aromatic heterocycles. The highest BCUT2D eigenvalue weighted by Gasteiger charge is 2.30. The number of carbonyl (C=O) groups is 2. The molecule has 3 aromatic rings. The van der Waals surface area contributed by atoms with Gasteiger partial charge >= 0.3 is 0 Å². The lowest BCUT2D eigenvalue weighted by atomic mass is 10.0. The van der Waals surface area contributed by atoms with E-state index in [1.807, 2.05) is 46.7 Å². The van der Waals surface area contributed by atoms with Gasteiger partial charge in [-0.05, 0) is 42.3 Å². The lowest BCUT2D eigenvalue weighted by molar-refractivity contribution is 0.0498. The average molecular weight is 406 g/mol. The second-order valence-corrected chi connectivity index (χ2v) is 8.15. The third-order valence-electron chi connectivity index (χ3n) is 5.14. The van der Waals surface area contributed by atoms with Gasteiger partial charge in [0.15, 0.2) is 0 Å². The fourth-order valence-corrected chi connectivity index (χ4v) is 4.24. The van der Waals surface area contributed by atoms with Gasteiger partial charge in [-0.1, -0.05) is 42.5 Å². The molecule has 2 heterocycles. The minimum absolute atomic E-state index is 0.00631. The Morgan fingerprint density at radius 2 is 1.83 bits per heavy atom. The van der Waals surface area contributed by atoms with Crippen LogP contribution >= 0.6 is 11.3 Å². The number of carbonyl (C=O) groups excluding carboxylic acids is 2. The highest BCUT2D eigenvalue weighted by molar-refractivity contribution is 7.12. The van der Waals surface area contributed by atoms with Gasteiger partial charge in [-0.15, -0.1) is 11.3 Å². The Hall–Kier alpha value is -2.96. The van der Waals surface area contributed by atoms with Gasteiger partial charge < -0.3 is 15.1 Å². The van der Waals surface area contributed by atoms with Crippen molar-refractivity contribution in [3.8, 4) is 0 Å². The van der Waals surface area contributed by atoms with Crippen molar-refractivity contribution >= 4 is 28.8 Å². The number of anilines is 1. The third kappa shape index (κ3) is 4.39. The lowest BCUT2D eigenvalue weighted by Crippen LogP contribution is -2.49. The van der Waals surface area contributed by atoms with Gasteiger partial charge in [-0.2, -0.15) is 0 Å². The number of nitrogens with zero attached hydrogens (tertiary/aromatic N) is 2. The molecule has 148 valence electrons. The van der Waals surface area contributed by atoms with Gasteiger partial charge in [0.25, 0.3) is 11.8 Å². The molecule has 4 rings (SSSR count). The Bertz CT molecular complexity index is 988. The van der Waals surface area contributed by atoms with Gasteiger partial charge in [-0.25, -0.2) is 0 Å². The highest BCUT2D eigenvalue weighted by Crippen LogP contribution is 2.27. The fourth-order valence-electron chi connectivity index (χ4n) is 3.62. The van der Waals surface area contributed by atoms with Gasteiger partial charge in [0, 0.05) is 30.9 Å². The van der Waals surface area contributed by atoms with Gasteiger partial charge in [0.05, 0.1) is 10.9 Å². The number of benzene rings is 2. The predicted octanol–water partition coefficient (Wildman–Crippen LogP) is 4.13. The first-order chi connectivity index (χ1) is 14.1. The lowest BCUT2D eigenvalue weighted by Gasteiger charge is -2.40. The van der Waals surface area contributed by atoms with Crippen LogP contribution in [0, 0.1) is 0 Å². The van der Waals surface area contributed by atoms with Crippen molar-refractivity contribution in [3.05, 3.63) is 88.1 Å². The summed E-state index contributed by atoms with van der Waals surface area (Å²) in [4.78, 5) is 30.5. The number of amides is 2. The number of nitrogens with one attached hydrogen (secondary N) is 1. The maximum atomic E-state index is 13.4. The summed E-state index contributed by atoms with van der Waals surface area (Å²) in [5, 5.41) is 4.75. The van der Waals surface area contributed by atoms with Crippen molar-refractivity contribution in [3.63, 3.8) is 0 Å². The number of thiophene rings is 1. The molecule has 1 saturated heterocycles. The van der Waals surface area contributed by atoms with Crippen molar-refractivity contribution < 1.29 is 9.59 Å². The van der Waals surface area contributed by atoms with Crippen molar-refractivity contribution in [2.24, 2.45) is 0 Å². The van der Waals surface area contributed by atoms with E-state index in [1.165, 1.54) is 11.3 Å². The summed E-state index contributed by atoms with van der Waals surface area (Å²) >= 11 is 1.39. The van der Waals surface area contributed by atoms with Crippen LogP contribution in [0.5, 0.6) is 0 Å². The predicted molar refractivity (Wildman–Crippen MR) is 116 cm³/mol. The van der Waals surface area contributed by atoms with Crippen LogP contribution < -0.4 is 5.32 Å². The van der Waals surface area contributed by atoms with Gasteiger partial charge in [0.1, 0.15) is 0 Å². The first kappa shape index (κ1) is 19.4. The van der Waals surface area contributed by atoms with Crippen molar-refractivity contribution in [1.29, 1.82) is 0 Å². The average Bonchev–Trinajstić information content (AvgIpc) is 3.29. The van der Waals surface area contributed by atoms with Crippen LogP contribution in [0.4, 0.5) is 5.69 Å². The molecule has 29 heavy (non-hydrogen) atoms. The molecule has 1 aliphatic heterocycles. The standard InChI is InChI=1S/C23H23N3O2S/c1-25-12-13-26(20(16-25)17-7-3-2-4-8-17)23(28)18-9-5-10-19(15-18)24-22(27)21-11-6-14-29-21/h2-11,14-15,20H,12-13,16H2,1H3,(H,24,27). The van der Waals surface area contributed by atoms with Crippen LogP contribution in [0.15, 0.2) is 72.1 Å². The van der Waals surface area contributed by atoms with Crippen LogP contribution in [-0.2, 0) is 0 Å². The SMILES string of the molecule is CN1CCN(C(=O)c2cccc(NC(=O)c3cccs3)c2)C(c2ccccc2)C1. The molecule has 0 spiro atoms. The van der Waals surface area contributed by atoms with Crippen molar-refractivity contribution in [2.75, 3.05) is 32.0 Å². The first-order valence-electron chi connectivity index (χ1n) is 9.61. The maximum Gasteiger partial charge on any atom is 0.265 e. The summed E-state index contributed by atoms with van der Waals surface area (Å²) in [5.74, 6) is -0.175. The number of rotatable bonds is 4. The zero-order valence-corrected chi connectivity index (χ0v) is 17.1. The molecule has 1 atom stereocenters. The molecule has 5 nitrogen and oxygen atoms in total. The van der Waals surface area contributed by atoms with E-state index in [0.29, 0.717) is 22.7 Å². The molecule has 0 saturated carbocycles. The van der Waals surface area contributed by atoms with E-state index in [0.717, 1.165) is 18.7 Å². The van der Waals surface area contributed by atoms with Crippen LogP contribution in [0.3, 0.4) is 0 Å². The molecule has 1 N–H and O–H groups in total. The maximum absolute atomic E-state index is 13.4. The van der Waals surface area contributed by atoms with E-state index >= 15 is 0 Å². The van der Waals surface area contributed by atoms with Crippen LogP contribution in [0.25, 0.3) is 0 Å². The van der Waals surface area contributed by atoms with Crippen molar-refractivity contribution in [2.45, 2.75) is 6.04 Å². The summed E-state index contributed by atoms with van der Waals surface area (Å²) in [7, 11) is 2.08. The summed E-state index contributed by atoms with van der Waals surface area (Å²) in [6, 6.07) is 21.0. The van der Waals surface area contributed by atoms with E-state index in [2.05, 4.69) is 29.4 Å². The molecule has 1 fully saturated rings. The van der Waals surface area contributed by atoms with Crippen molar-refractivity contribution in [1.82, 2.24) is 9.80 Å². The van der Waals surface area contributed by atoms with Gasteiger partial charge in [-0.3, -0.25) is 9.59 Å². The number of likely N-dealkylation sites (N-methyl/N-ethyl adjacent to an activating group) is 1. The third-order valence-corrected chi connectivity index (χ3v) is 6.01. The number of piperazine rings is 1. The second kappa shape index (κ2) is 8.59. The van der Waals surface area contributed by atoms with E-state index < -0.39 is 0 Å². The number of hydrogen-bond donors (Lipinski definition) is 1. The molecule has 2 aromatic carbocycles. The second-order valence-electron chi connectivity index (χ2n) is 7.20. The topological polar surface area (TPSA) is 52.6 Å². The Morgan fingerprint density at radius 3 is 2.59 bits per heavy atom. The minimum Gasteiger partial charge on any atom is -0.329 e. The largest absolute Gasteiger partial charge is 0.329 e. The summed E-state index contributed by atoms with van der Waals surface area (Å²) in [5.41, 5.74) is 2.34. The van der Waals surface area contributed by atoms with E-state index in [4.69, 9.17) is 0 Å². The molecule has 2 amide bonds. The zero-order chi connectivity index (χ0) is 20.2. The molecular formula is C23H23N3O2S. The van der Waals surface area contributed by atoms with Gasteiger partial charge in [0.2, 0.25) is 0 Å². The first-order valence-corrected chi connectivity index (χ1v) is 10.5. The Labute approximate surface area is 174 Å². The van der Waals surface area contributed by atoms with Crippen LogP contribution in [0.2, 0.25) is 0 Å². The molecule has 0 radical (unpaired) electrons. The minimum atomic E-state index is -0.161. The molecule has 1 unspecified atom stereocenters. The molecule has 6 heteroatoms. The molecule has 0 bridgehead atoms. The quantitative estimate of drug-likeness (QED) is 0.710. The van der Waals surface area contributed by atoms with Crippen LogP contribution in [-0.4, -0.2) is 48.3 Å². The molecule has 1 aliphatic rings. The summed E-state index contributed by atoms with van der Waals surface area (Å²) in [6.45, 7) is 2.30. The molecule has 0 aliphatic carbocycles. The zero-order valence-electron chi connectivity index (χ0n) is 16.2. The Balaban J connectivity index is 1.55. The summed E-state index contributed by atoms with van der Waals surface area (Å²) in [6.07, 6.45) is 0. The highest BCUT2D eigenvalue weighted by atomic mass is 32.1. The Kier molecular flexibility index (Phi) is 5.74. The number of hydrogen-bond acceptors (Lipinski definition) is 4. The van der Waals surface area contributed by atoms with E-state index in [-0.39, 0.29) is 17.9 Å². The normalized spacial score (nSPS) is 17.1. The monoisotopic (exact) mass is 405 g/mol. The van der Waals surface area contributed by atoms with E-state index in [1.54, 1.807) is 18.2 Å². The van der Waals surface area contributed by atoms with Crippen LogP contribution in [0.1, 0.15) is 31.6 Å². The Morgan fingerprint density at radius 1 is 1.00 bits per heavy atom.